The first-order valence-electron chi connectivity index (χ1n) is 5.57. The minimum absolute atomic E-state index is 1.11. The molecular formula is C13H22N2Sn. The summed E-state index contributed by atoms with van der Waals surface area (Å²) in [6.45, 7) is 3.93. The summed E-state index contributed by atoms with van der Waals surface area (Å²) in [4.78, 5) is 0. The predicted molar refractivity (Wildman–Crippen MR) is 74.2 cm³/mol. The van der Waals surface area contributed by atoms with Crippen LogP contribution in [0.3, 0.4) is 0 Å². The van der Waals surface area contributed by atoms with E-state index in [9.17, 15) is 0 Å². The fraction of sp³-hybridized carbons (Fsp3) is 0.385. The first-order chi connectivity index (χ1) is 7.55. The van der Waals surface area contributed by atoms with E-state index in [1.807, 2.05) is 0 Å². The van der Waals surface area contributed by atoms with Crippen LogP contribution < -0.4 is 3.58 Å². The maximum atomic E-state index is 3.93. The van der Waals surface area contributed by atoms with Gasteiger partial charge in [-0.3, -0.25) is 0 Å². The van der Waals surface area contributed by atoms with E-state index >= 15 is 0 Å². The molecule has 0 spiro atoms. The molecule has 0 unspecified atom stereocenters. The van der Waals surface area contributed by atoms with Gasteiger partial charge in [0, 0.05) is 0 Å². The van der Waals surface area contributed by atoms with Crippen molar-refractivity contribution in [1.29, 1.82) is 0 Å². The molecule has 1 aromatic rings. The van der Waals surface area contributed by atoms with Gasteiger partial charge in [0.2, 0.25) is 0 Å². The van der Waals surface area contributed by atoms with Crippen LogP contribution in [0.4, 0.5) is 0 Å². The molecule has 0 amide bonds. The summed E-state index contributed by atoms with van der Waals surface area (Å²) in [5, 5.41) is 0. The monoisotopic (exact) mass is 326 g/mol. The van der Waals surface area contributed by atoms with Crippen molar-refractivity contribution < 1.29 is 0 Å². The fourth-order valence-corrected chi connectivity index (χ4v) is 13.5. The molecule has 0 fully saturated rings. The first kappa shape index (κ1) is 13.7. The van der Waals surface area contributed by atoms with E-state index in [4.69, 9.17) is 0 Å². The standard InChI is InChI=1S/C6H5.C3H5.2C2H6N.Sn/c1-2-4-6-5-3-1;3*1-3-2;/h1-5H;3H,1-2H2;2*1-2H3;/q;;2*-1;+2. The third-order valence-electron chi connectivity index (χ3n) is 3.14. The molecule has 0 atom stereocenters. The van der Waals surface area contributed by atoms with Crippen LogP contribution in [-0.4, -0.2) is 53.4 Å². The predicted octanol–water partition coefficient (Wildman–Crippen LogP) is 1.64. The molecule has 88 valence electrons. The fourth-order valence-electron chi connectivity index (χ4n) is 2.31. The van der Waals surface area contributed by atoms with Crippen LogP contribution in [0.15, 0.2) is 43.0 Å². The van der Waals surface area contributed by atoms with Crippen molar-refractivity contribution in [2.75, 3.05) is 28.2 Å². The Morgan fingerprint density at radius 1 is 1.06 bits per heavy atom. The summed E-state index contributed by atoms with van der Waals surface area (Å²) in [5.74, 6) is 0. The van der Waals surface area contributed by atoms with Gasteiger partial charge in [-0.1, -0.05) is 0 Å². The zero-order valence-corrected chi connectivity index (χ0v) is 13.6. The first-order valence-corrected chi connectivity index (χ1v) is 11.6. The van der Waals surface area contributed by atoms with Crippen LogP contribution >= 0.6 is 0 Å². The molecule has 3 heteroatoms. The number of hydrogen-bond donors (Lipinski definition) is 0. The van der Waals surface area contributed by atoms with Crippen molar-refractivity contribution in [2.24, 2.45) is 0 Å². The van der Waals surface area contributed by atoms with Gasteiger partial charge in [-0.25, -0.2) is 0 Å². The maximum absolute atomic E-state index is 3.93. The van der Waals surface area contributed by atoms with Gasteiger partial charge in [0.05, 0.1) is 0 Å². The summed E-state index contributed by atoms with van der Waals surface area (Å²) in [7, 11) is 8.80. The van der Waals surface area contributed by atoms with E-state index in [-0.39, 0.29) is 0 Å². The van der Waals surface area contributed by atoms with E-state index in [0.29, 0.717) is 0 Å². The topological polar surface area (TPSA) is 6.48 Å². The second-order valence-electron chi connectivity index (χ2n) is 4.46. The van der Waals surface area contributed by atoms with Crippen LogP contribution in [0.1, 0.15) is 0 Å². The van der Waals surface area contributed by atoms with Crippen LogP contribution in [0.25, 0.3) is 0 Å². The van der Waals surface area contributed by atoms with Crippen molar-refractivity contribution in [1.82, 2.24) is 6.24 Å². The molecule has 2 nitrogen and oxygen atoms in total. The molecule has 0 heterocycles. The average Bonchev–Trinajstić information content (AvgIpc) is 2.26. The van der Waals surface area contributed by atoms with E-state index in [2.05, 4.69) is 77.4 Å². The Labute approximate surface area is 104 Å². The number of hydrogen-bond acceptors (Lipinski definition) is 2. The summed E-state index contributed by atoms with van der Waals surface area (Å²) in [6, 6.07) is 10.9. The third-order valence-corrected chi connectivity index (χ3v) is 17.6. The SMILES string of the molecule is C=C[CH2][Sn]([c]1ccccc1)([N](C)C)[N](C)C. The van der Waals surface area contributed by atoms with E-state index in [1.54, 1.807) is 0 Å². The second kappa shape index (κ2) is 5.84. The molecule has 0 aliphatic heterocycles. The van der Waals surface area contributed by atoms with Gasteiger partial charge in [0.15, 0.2) is 0 Å². The van der Waals surface area contributed by atoms with E-state index in [1.165, 1.54) is 3.58 Å². The van der Waals surface area contributed by atoms with Gasteiger partial charge in [0.25, 0.3) is 0 Å². The minimum atomic E-state index is -2.63. The van der Waals surface area contributed by atoms with E-state index < -0.39 is 18.9 Å². The van der Waals surface area contributed by atoms with Crippen molar-refractivity contribution in [3.8, 4) is 0 Å². The molecule has 0 bridgehead atoms. The third kappa shape index (κ3) is 2.50. The summed E-state index contributed by atoms with van der Waals surface area (Å²) < 4.78 is 7.52. The number of nitrogens with zero attached hydrogens (tertiary/aromatic N) is 2. The van der Waals surface area contributed by atoms with Crippen molar-refractivity contribution in [3.05, 3.63) is 43.0 Å². The molecule has 1 aromatic carbocycles. The molecule has 0 aliphatic rings. The summed E-state index contributed by atoms with van der Waals surface area (Å²) in [6.07, 6.45) is 2.07. The van der Waals surface area contributed by atoms with Gasteiger partial charge in [-0.05, 0) is 0 Å². The van der Waals surface area contributed by atoms with Crippen LogP contribution in [0.5, 0.6) is 0 Å². The quantitative estimate of drug-likeness (QED) is 0.600. The molecule has 0 saturated carbocycles. The Bertz CT molecular complexity index is 325. The molecule has 1 rings (SSSR count). The van der Waals surface area contributed by atoms with Crippen LogP contribution in [-0.2, 0) is 0 Å². The van der Waals surface area contributed by atoms with Crippen molar-refractivity contribution in [2.45, 2.75) is 4.44 Å². The van der Waals surface area contributed by atoms with Crippen LogP contribution in [0.2, 0.25) is 4.44 Å². The van der Waals surface area contributed by atoms with Gasteiger partial charge in [0.1, 0.15) is 0 Å². The Hall–Kier alpha value is -0.321. The van der Waals surface area contributed by atoms with Crippen molar-refractivity contribution >= 4 is 22.5 Å². The second-order valence-corrected chi connectivity index (χ2v) is 17.0. The van der Waals surface area contributed by atoms with Gasteiger partial charge >= 0.3 is 104 Å². The van der Waals surface area contributed by atoms with E-state index in [0.717, 1.165) is 4.44 Å². The molecule has 0 aliphatic carbocycles. The van der Waals surface area contributed by atoms with Crippen LogP contribution in [0, 0.1) is 0 Å². The molecule has 0 radical (unpaired) electrons. The normalized spacial score (nSPS) is 12.1. The molecule has 0 aromatic heterocycles. The average molecular weight is 325 g/mol. The van der Waals surface area contributed by atoms with Gasteiger partial charge in [-0.15, -0.1) is 0 Å². The molecule has 0 N–H and O–H groups in total. The van der Waals surface area contributed by atoms with Crippen molar-refractivity contribution in [3.63, 3.8) is 0 Å². The molecule has 0 saturated heterocycles. The molecular weight excluding hydrogens is 303 g/mol. The summed E-state index contributed by atoms with van der Waals surface area (Å²) in [5.41, 5.74) is 0. The number of rotatable bonds is 5. The van der Waals surface area contributed by atoms with Gasteiger partial charge < -0.3 is 0 Å². The number of benzene rings is 1. The van der Waals surface area contributed by atoms with Gasteiger partial charge in [-0.2, -0.15) is 0 Å². The Kier molecular flexibility index (Phi) is 5.02. The molecule has 16 heavy (non-hydrogen) atoms. The zero-order chi connectivity index (χ0) is 12.2. The zero-order valence-electron chi connectivity index (χ0n) is 10.8. The Balaban J connectivity index is 3.27. The number of allylic oxidation sites excluding steroid dienone is 1. The summed E-state index contributed by atoms with van der Waals surface area (Å²) >= 11 is -2.63. The Morgan fingerprint density at radius 3 is 1.94 bits per heavy atom. The Morgan fingerprint density at radius 2 is 1.56 bits per heavy atom.